The van der Waals surface area contributed by atoms with Gasteiger partial charge < -0.3 is 10.5 Å². The fourth-order valence-corrected chi connectivity index (χ4v) is 2.00. The smallest absolute Gasteiger partial charge is 0.147 e. The Bertz CT molecular complexity index is 650. The molecule has 0 aliphatic rings. The van der Waals surface area contributed by atoms with Gasteiger partial charge in [0.2, 0.25) is 0 Å². The van der Waals surface area contributed by atoms with E-state index >= 15 is 0 Å². The number of nitriles is 1. The lowest BCUT2D eigenvalue weighted by molar-refractivity contribution is 0.300. The van der Waals surface area contributed by atoms with Gasteiger partial charge in [-0.3, -0.25) is 0 Å². The van der Waals surface area contributed by atoms with Gasteiger partial charge in [-0.15, -0.1) is 0 Å². The molecule has 2 aromatic rings. The van der Waals surface area contributed by atoms with Crippen molar-refractivity contribution >= 4 is 11.6 Å². The fourth-order valence-electron chi connectivity index (χ4n) is 1.82. The first-order chi connectivity index (χ1) is 9.61. The van der Waals surface area contributed by atoms with Crippen molar-refractivity contribution in [3.8, 4) is 11.8 Å². The number of rotatable bonds is 4. The zero-order chi connectivity index (χ0) is 14.5. The van der Waals surface area contributed by atoms with Crippen molar-refractivity contribution in [3.05, 3.63) is 58.4 Å². The normalized spacial score (nSPS) is 11.7. The minimum Gasteiger partial charge on any atom is -0.488 e. The number of nitrogens with two attached hydrogens (primary N) is 1. The Morgan fingerprint density at radius 2 is 2.25 bits per heavy atom. The predicted molar refractivity (Wildman–Crippen MR) is 77.3 cm³/mol. The van der Waals surface area contributed by atoms with Crippen LogP contribution in [0.15, 0.2) is 36.5 Å². The van der Waals surface area contributed by atoms with Crippen LogP contribution in [0.2, 0.25) is 5.02 Å². The van der Waals surface area contributed by atoms with E-state index < -0.39 is 0 Å². The largest absolute Gasteiger partial charge is 0.488 e. The molecule has 0 unspecified atom stereocenters. The summed E-state index contributed by atoms with van der Waals surface area (Å²) in [5.74, 6) is 0.664. The van der Waals surface area contributed by atoms with Crippen LogP contribution in [0.5, 0.6) is 5.75 Å². The highest BCUT2D eigenvalue weighted by molar-refractivity contribution is 6.30. The maximum Gasteiger partial charge on any atom is 0.147 e. The monoisotopic (exact) mass is 287 g/mol. The highest BCUT2D eigenvalue weighted by Crippen LogP contribution is 2.28. The van der Waals surface area contributed by atoms with Crippen molar-refractivity contribution in [1.82, 2.24) is 4.98 Å². The number of aromatic nitrogens is 1. The van der Waals surface area contributed by atoms with Gasteiger partial charge in [-0.05, 0) is 31.2 Å². The first-order valence-electron chi connectivity index (χ1n) is 6.13. The van der Waals surface area contributed by atoms with Gasteiger partial charge in [0.05, 0.1) is 0 Å². The van der Waals surface area contributed by atoms with Gasteiger partial charge in [-0.2, -0.15) is 5.26 Å². The van der Waals surface area contributed by atoms with Gasteiger partial charge in [-0.1, -0.05) is 17.7 Å². The van der Waals surface area contributed by atoms with E-state index in [-0.39, 0.29) is 12.6 Å². The van der Waals surface area contributed by atoms with Crippen LogP contribution >= 0.6 is 11.6 Å². The summed E-state index contributed by atoms with van der Waals surface area (Å²) in [6.07, 6.45) is 1.58. The van der Waals surface area contributed by atoms with Crippen LogP contribution in [0.1, 0.15) is 29.8 Å². The first kappa shape index (κ1) is 14.3. The number of ether oxygens (including phenoxy) is 1. The van der Waals surface area contributed by atoms with E-state index in [0.717, 1.165) is 11.1 Å². The summed E-state index contributed by atoms with van der Waals surface area (Å²) in [6, 6.07) is 10.8. The highest BCUT2D eigenvalue weighted by Gasteiger charge is 2.10. The minimum atomic E-state index is -0.187. The third-order valence-corrected chi connectivity index (χ3v) is 3.08. The Morgan fingerprint density at radius 3 is 2.95 bits per heavy atom. The molecule has 0 aliphatic heterocycles. The number of hydrogen-bond acceptors (Lipinski definition) is 4. The number of nitrogens with zero attached hydrogens (tertiary/aromatic N) is 2. The first-order valence-corrected chi connectivity index (χ1v) is 6.51. The number of benzene rings is 1. The molecule has 4 nitrogen and oxygen atoms in total. The van der Waals surface area contributed by atoms with E-state index in [9.17, 15) is 0 Å². The molecule has 0 bridgehead atoms. The molecular weight excluding hydrogens is 274 g/mol. The molecular formula is C15H14ClN3O. The quantitative estimate of drug-likeness (QED) is 0.937. The van der Waals surface area contributed by atoms with Crippen LogP contribution in [0.25, 0.3) is 0 Å². The predicted octanol–water partition coefficient (Wildman–Crippen LogP) is 3.21. The molecule has 20 heavy (non-hydrogen) atoms. The summed E-state index contributed by atoms with van der Waals surface area (Å²) in [5, 5.41) is 9.60. The van der Waals surface area contributed by atoms with Crippen LogP contribution in [-0.2, 0) is 6.61 Å². The molecule has 1 aromatic carbocycles. The Hall–Kier alpha value is -2.09. The van der Waals surface area contributed by atoms with Crippen molar-refractivity contribution < 1.29 is 4.74 Å². The molecule has 1 aromatic heterocycles. The lowest BCUT2D eigenvalue weighted by Crippen LogP contribution is -2.08. The average Bonchev–Trinajstić information content (AvgIpc) is 2.46. The molecule has 1 heterocycles. The molecule has 0 spiro atoms. The van der Waals surface area contributed by atoms with Gasteiger partial charge >= 0.3 is 0 Å². The van der Waals surface area contributed by atoms with Gasteiger partial charge in [0.25, 0.3) is 0 Å². The average molecular weight is 288 g/mol. The van der Waals surface area contributed by atoms with Crippen molar-refractivity contribution in [2.45, 2.75) is 19.6 Å². The zero-order valence-electron chi connectivity index (χ0n) is 11.0. The molecule has 2 N–H and O–H groups in total. The molecule has 102 valence electrons. The second-order valence-electron chi connectivity index (χ2n) is 4.38. The SMILES string of the molecule is C[C@@H](N)c1cc(Cl)ccc1OCc1cccnc1C#N. The Balaban J connectivity index is 2.21. The summed E-state index contributed by atoms with van der Waals surface area (Å²) in [6.45, 7) is 2.13. The standard InChI is InChI=1S/C15H14ClN3O/c1-10(18)13-7-12(16)4-5-15(13)20-9-11-3-2-6-19-14(11)8-17/h2-7,10H,9,18H2,1H3/t10-/m1/s1. The summed E-state index contributed by atoms with van der Waals surface area (Å²) in [7, 11) is 0. The fraction of sp³-hybridized carbons (Fsp3) is 0.200. The third kappa shape index (κ3) is 3.27. The van der Waals surface area contributed by atoms with Crippen molar-refractivity contribution in [2.24, 2.45) is 5.73 Å². The van der Waals surface area contributed by atoms with Crippen molar-refractivity contribution in [2.75, 3.05) is 0 Å². The molecule has 0 saturated carbocycles. The van der Waals surface area contributed by atoms with E-state index in [2.05, 4.69) is 4.98 Å². The summed E-state index contributed by atoms with van der Waals surface area (Å²) in [4.78, 5) is 3.99. The molecule has 0 amide bonds. The van der Waals surface area contributed by atoms with Crippen LogP contribution < -0.4 is 10.5 Å². The lowest BCUT2D eigenvalue weighted by atomic mass is 10.1. The van der Waals surface area contributed by atoms with Crippen LogP contribution in [-0.4, -0.2) is 4.98 Å². The van der Waals surface area contributed by atoms with Crippen molar-refractivity contribution in [3.63, 3.8) is 0 Å². The number of pyridine rings is 1. The number of hydrogen-bond donors (Lipinski definition) is 1. The summed E-state index contributed by atoms with van der Waals surface area (Å²) in [5.41, 5.74) is 7.84. The van der Waals surface area contributed by atoms with E-state index in [1.807, 2.05) is 19.1 Å². The van der Waals surface area contributed by atoms with Crippen LogP contribution in [0.3, 0.4) is 0 Å². The van der Waals surface area contributed by atoms with E-state index in [1.54, 1.807) is 30.5 Å². The van der Waals surface area contributed by atoms with Gasteiger partial charge in [0.1, 0.15) is 24.1 Å². The molecule has 5 heteroatoms. The van der Waals surface area contributed by atoms with Crippen LogP contribution in [0, 0.1) is 11.3 Å². The molecule has 0 aliphatic carbocycles. The molecule has 1 atom stereocenters. The number of halogens is 1. The van der Waals surface area contributed by atoms with Crippen LogP contribution in [0.4, 0.5) is 0 Å². The van der Waals surface area contributed by atoms with Gasteiger partial charge in [0.15, 0.2) is 0 Å². The third-order valence-electron chi connectivity index (χ3n) is 2.84. The van der Waals surface area contributed by atoms with E-state index in [4.69, 9.17) is 27.3 Å². The molecule has 2 rings (SSSR count). The van der Waals surface area contributed by atoms with E-state index in [0.29, 0.717) is 16.5 Å². The molecule has 0 fully saturated rings. The van der Waals surface area contributed by atoms with E-state index in [1.165, 1.54) is 0 Å². The minimum absolute atomic E-state index is 0.187. The second kappa shape index (κ2) is 6.38. The van der Waals surface area contributed by atoms with Gasteiger partial charge in [0, 0.05) is 28.4 Å². The Kier molecular flexibility index (Phi) is 4.57. The Labute approximate surface area is 122 Å². The highest BCUT2D eigenvalue weighted by atomic mass is 35.5. The summed E-state index contributed by atoms with van der Waals surface area (Å²) < 4.78 is 5.75. The molecule has 0 radical (unpaired) electrons. The zero-order valence-corrected chi connectivity index (χ0v) is 11.8. The maximum absolute atomic E-state index is 8.99. The maximum atomic E-state index is 8.99. The topological polar surface area (TPSA) is 71.9 Å². The Morgan fingerprint density at radius 1 is 1.45 bits per heavy atom. The lowest BCUT2D eigenvalue weighted by Gasteiger charge is -2.14. The van der Waals surface area contributed by atoms with Crippen molar-refractivity contribution in [1.29, 1.82) is 5.26 Å². The summed E-state index contributed by atoms with van der Waals surface area (Å²) >= 11 is 5.96. The van der Waals surface area contributed by atoms with Gasteiger partial charge in [-0.25, -0.2) is 4.98 Å². The molecule has 0 saturated heterocycles. The second-order valence-corrected chi connectivity index (χ2v) is 4.82.